The number of rotatable bonds is 3. The summed E-state index contributed by atoms with van der Waals surface area (Å²) in [5.41, 5.74) is 1.44. The average molecular weight is 221 g/mol. The molecule has 0 unspecified atom stereocenters. The summed E-state index contributed by atoms with van der Waals surface area (Å²) in [5.74, 6) is 0.111. The molecule has 0 saturated heterocycles. The lowest BCUT2D eigenvalue weighted by atomic mass is 10.1. The highest BCUT2D eigenvalue weighted by atomic mass is 16.3. The Kier molecular flexibility index (Phi) is 3.93. The van der Waals surface area contributed by atoms with Crippen LogP contribution in [0.3, 0.4) is 0 Å². The standard InChI is InChI=1S/C13H19NO2/c1-5-14(9(2)3)13(16)11-6-10(4)7-12(15)8-11/h6-9,15H,5H2,1-4H3. The second kappa shape index (κ2) is 5.01. The SMILES string of the molecule is CCN(C(=O)c1cc(C)cc(O)c1)C(C)C. The van der Waals surface area contributed by atoms with Crippen molar-refractivity contribution in [3.8, 4) is 5.75 Å². The Balaban J connectivity index is 3.03. The van der Waals surface area contributed by atoms with Crippen LogP contribution in [0.15, 0.2) is 18.2 Å². The van der Waals surface area contributed by atoms with Crippen molar-refractivity contribution in [3.63, 3.8) is 0 Å². The molecular formula is C13H19NO2. The molecule has 0 aliphatic heterocycles. The van der Waals surface area contributed by atoms with Crippen LogP contribution in [0.2, 0.25) is 0 Å². The molecule has 0 spiro atoms. The van der Waals surface area contributed by atoms with Crippen LogP contribution < -0.4 is 0 Å². The minimum absolute atomic E-state index is 0.0310. The third-order valence-electron chi connectivity index (χ3n) is 2.53. The molecular weight excluding hydrogens is 202 g/mol. The van der Waals surface area contributed by atoms with Crippen LogP contribution in [0.25, 0.3) is 0 Å². The van der Waals surface area contributed by atoms with Gasteiger partial charge in [0.2, 0.25) is 0 Å². The number of phenols is 1. The van der Waals surface area contributed by atoms with Gasteiger partial charge in [-0.2, -0.15) is 0 Å². The van der Waals surface area contributed by atoms with E-state index in [0.717, 1.165) is 5.56 Å². The van der Waals surface area contributed by atoms with Crippen molar-refractivity contribution in [3.05, 3.63) is 29.3 Å². The van der Waals surface area contributed by atoms with Gasteiger partial charge in [0.25, 0.3) is 5.91 Å². The summed E-state index contributed by atoms with van der Waals surface area (Å²) in [6.07, 6.45) is 0. The molecule has 1 rings (SSSR count). The number of aromatic hydroxyl groups is 1. The fourth-order valence-corrected chi connectivity index (χ4v) is 1.80. The molecule has 1 amide bonds. The van der Waals surface area contributed by atoms with E-state index in [4.69, 9.17) is 0 Å². The largest absolute Gasteiger partial charge is 0.508 e. The minimum atomic E-state index is -0.0310. The molecule has 0 atom stereocenters. The van der Waals surface area contributed by atoms with Crippen LogP contribution >= 0.6 is 0 Å². The summed E-state index contributed by atoms with van der Waals surface area (Å²) < 4.78 is 0. The molecule has 0 aliphatic carbocycles. The van der Waals surface area contributed by atoms with Crippen molar-refractivity contribution < 1.29 is 9.90 Å². The molecule has 1 N–H and O–H groups in total. The second-order valence-electron chi connectivity index (χ2n) is 4.24. The number of carbonyl (C=O) groups is 1. The Morgan fingerprint density at radius 3 is 2.44 bits per heavy atom. The van der Waals surface area contributed by atoms with Crippen molar-refractivity contribution in [2.45, 2.75) is 33.7 Å². The van der Waals surface area contributed by atoms with E-state index >= 15 is 0 Å². The quantitative estimate of drug-likeness (QED) is 0.852. The normalized spacial score (nSPS) is 10.6. The first-order chi connectivity index (χ1) is 7.45. The van der Waals surface area contributed by atoms with Crippen molar-refractivity contribution in [1.29, 1.82) is 0 Å². The van der Waals surface area contributed by atoms with Gasteiger partial charge in [-0.05, 0) is 51.5 Å². The molecule has 0 saturated carbocycles. The van der Waals surface area contributed by atoms with E-state index in [-0.39, 0.29) is 17.7 Å². The Labute approximate surface area is 96.7 Å². The first kappa shape index (κ1) is 12.6. The van der Waals surface area contributed by atoms with Crippen molar-refractivity contribution >= 4 is 5.91 Å². The van der Waals surface area contributed by atoms with E-state index in [2.05, 4.69) is 0 Å². The van der Waals surface area contributed by atoms with E-state index < -0.39 is 0 Å². The van der Waals surface area contributed by atoms with Gasteiger partial charge in [-0.1, -0.05) is 0 Å². The van der Waals surface area contributed by atoms with Crippen LogP contribution in [0, 0.1) is 6.92 Å². The lowest BCUT2D eigenvalue weighted by Crippen LogP contribution is -2.36. The minimum Gasteiger partial charge on any atom is -0.508 e. The summed E-state index contributed by atoms with van der Waals surface area (Å²) >= 11 is 0. The predicted octanol–water partition coefficient (Wildman–Crippen LogP) is 2.57. The highest BCUT2D eigenvalue weighted by molar-refractivity contribution is 5.95. The Hall–Kier alpha value is -1.51. The third kappa shape index (κ3) is 2.75. The Bertz CT molecular complexity index is 365. The monoisotopic (exact) mass is 221 g/mol. The zero-order chi connectivity index (χ0) is 12.3. The van der Waals surface area contributed by atoms with E-state index in [1.54, 1.807) is 17.0 Å². The van der Waals surface area contributed by atoms with Crippen LogP contribution in [0.1, 0.15) is 36.7 Å². The van der Waals surface area contributed by atoms with Gasteiger partial charge < -0.3 is 10.0 Å². The molecule has 0 bridgehead atoms. The van der Waals surface area contributed by atoms with Crippen LogP contribution in [-0.2, 0) is 0 Å². The molecule has 88 valence electrons. The third-order valence-corrected chi connectivity index (χ3v) is 2.53. The van der Waals surface area contributed by atoms with Gasteiger partial charge in [0.15, 0.2) is 0 Å². The maximum absolute atomic E-state index is 12.1. The zero-order valence-corrected chi connectivity index (χ0v) is 10.3. The van der Waals surface area contributed by atoms with Gasteiger partial charge in [0.05, 0.1) is 0 Å². The molecule has 1 aromatic rings. The van der Waals surface area contributed by atoms with Crippen molar-refractivity contribution in [2.75, 3.05) is 6.54 Å². The molecule has 3 heteroatoms. The lowest BCUT2D eigenvalue weighted by molar-refractivity contribution is 0.0716. The van der Waals surface area contributed by atoms with E-state index in [0.29, 0.717) is 12.1 Å². The van der Waals surface area contributed by atoms with Crippen LogP contribution in [0.5, 0.6) is 5.75 Å². The summed E-state index contributed by atoms with van der Waals surface area (Å²) in [6, 6.07) is 5.12. The molecule has 3 nitrogen and oxygen atoms in total. The Morgan fingerprint density at radius 1 is 1.38 bits per heavy atom. The van der Waals surface area contributed by atoms with Gasteiger partial charge in [0.1, 0.15) is 5.75 Å². The summed E-state index contributed by atoms with van der Waals surface area (Å²) in [5, 5.41) is 9.47. The van der Waals surface area contributed by atoms with E-state index in [1.807, 2.05) is 27.7 Å². The predicted molar refractivity (Wildman–Crippen MR) is 64.7 cm³/mol. The number of aryl methyl sites for hydroxylation is 1. The van der Waals surface area contributed by atoms with Gasteiger partial charge in [-0.25, -0.2) is 0 Å². The molecule has 0 aliphatic rings. The van der Waals surface area contributed by atoms with Crippen LogP contribution in [0.4, 0.5) is 0 Å². The maximum atomic E-state index is 12.1. The van der Waals surface area contributed by atoms with Gasteiger partial charge >= 0.3 is 0 Å². The summed E-state index contributed by atoms with van der Waals surface area (Å²) in [4.78, 5) is 13.9. The average Bonchev–Trinajstić information content (AvgIpc) is 2.16. The van der Waals surface area contributed by atoms with Gasteiger partial charge in [0, 0.05) is 18.2 Å². The summed E-state index contributed by atoms with van der Waals surface area (Å²) in [6.45, 7) is 8.45. The van der Waals surface area contributed by atoms with E-state index in [9.17, 15) is 9.90 Å². The lowest BCUT2D eigenvalue weighted by Gasteiger charge is -2.25. The number of carbonyl (C=O) groups excluding carboxylic acids is 1. The zero-order valence-electron chi connectivity index (χ0n) is 10.3. The highest BCUT2D eigenvalue weighted by Gasteiger charge is 2.17. The number of benzene rings is 1. The number of hydrogen-bond acceptors (Lipinski definition) is 2. The number of amides is 1. The van der Waals surface area contributed by atoms with Gasteiger partial charge in [-0.3, -0.25) is 4.79 Å². The molecule has 16 heavy (non-hydrogen) atoms. The van der Waals surface area contributed by atoms with Crippen LogP contribution in [-0.4, -0.2) is 28.5 Å². The molecule has 0 aromatic heterocycles. The highest BCUT2D eigenvalue weighted by Crippen LogP contribution is 2.17. The molecule has 0 fully saturated rings. The summed E-state index contributed by atoms with van der Waals surface area (Å²) in [7, 11) is 0. The number of nitrogens with zero attached hydrogens (tertiary/aromatic N) is 1. The maximum Gasteiger partial charge on any atom is 0.254 e. The smallest absolute Gasteiger partial charge is 0.254 e. The topological polar surface area (TPSA) is 40.5 Å². The fourth-order valence-electron chi connectivity index (χ4n) is 1.80. The Morgan fingerprint density at radius 2 is 2.00 bits per heavy atom. The number of hydrogen-bond donors (Lipinski definition) is 1. The second-order valence-corrected chi connectivity index (χ2v) is 4.24. The molecule has 1 aromatic carbocycles. The van der Waals surface area contributed by atoms with E-state index in [1.165, 1.54) is 6.07 Å². The molecule has 0 heterocycles. The van der Waals surface area contributed by atoms with Crippen molar-refractivity contribution in [1.82, 2.24) is 4.90 Å². The van der Waals surface area contributed by atoms with Crippen molar-refractivity contribution in [2.24, 2.45) is 0 Å². The molecule has 0 radical (unpaired) electrons. The first-order valence-electron chi connectivity index (χ1n) is 5.57. The number of phenolic OH excluding ortho intramolecular Hbond substituents is 1. The van der Waals surface area contributed by atoms with Gasteiger partial charge in [-0.15, -0.1) is 0 Å². The fraction of sp³-hybridized carbons (Fsp3) is 0.462. The first-order valence-corrected chi connectivity index (χ1v) is 5.57.